The van der Waals surface area contributed by atoms with Crippen LogP contribution in [-0.4, -0.2) is 14.5 Å². The zero-order chi connectivity index (χ0) is 33.0. The third kappa shape index (κ3) is 4.59. The van der Waals surface area contributed by atoms with Gasteiger partial charge in [-0.25, -0.2) is 9.97 Å². The second kappa shape index (κ2) is 11.5. The molecule has 0 amide bonds. The molecule has 0 radical (unpaired) electrons. The number of hydrogen-bond donors (Lipinski definition) is 0. The standard InChI is InChI=1S/C47H31N3/c1-3-13-31(14-4-1)34-17-11-19-36(29-34)45-41-30-35-18-12-22-38(44(35)46(41)49-47(48-45)33-15-5-2-6-16-33)32-25-27-37(28-26-32)50-42-23-9-7-20-39(42)40-21-8-10-24-43(40)50/h1-29H,30H2. The van der Waals surface area contributed by atoms with Crippen LogP contribution < -0.4 is 0 Å². The van der Waals surface area contributed by atoms with Crippen molar-refractivity contribution in [2.24, 2.45) is 0 Å². The average Bonchev–Trinajstić information content (AvgIpc) is 3.74. The highest BCUT2D eigenvalue weighted by Crippen LogP contribution is 2.46. The predicted octanol–water partition coefficient (Wildman–Crippen LogP) is 11.8. The Morgan fingerprint density at radius 1 is 0.420 bits per heavy atom. The topological polar surface area (TPSA) is 30.7 Å². The number of hydrogen-bond acceptors (Lipinski definition) is 2. The lowest BCUT2D eigenvalue weighted by atomic mass is 9.95. The molecule has 0 saturated carbocycles. The third-order valence-electron chi connectivity index (χ3n) is 10.1. The van der Waals surface area contributed by atoms with E-state index >= 15 is 0 Å². The maximum atomic E-state index is 5.33. The van der Waals surface area contributed by atoms with Crippen molar-refractivity contribution in [1.82, 2.24) is 14.5 Å². The largest absolute Gasteiger partial charge is 0.309 e. The van der Waals surface area contributed by atoms with Crippen LogP contribution >= 0.6 is 0 Å². The van der Waals surface area contributed by atoms with Gasteiger partial charge in [0.05, 0.1) is 22.4 Å². The summed E-state index contributed by atoms with van der Waals surface area (Å²) in [6.07, 6.45) is 0.790. The molecule has 9 aromatic rings. The molecule has 3 heteroatoms. The molecule has 0 saturated heterocycles. The quantitative estimate of drug-likeness (QED) is 0.188. The molecule has 7 aromatic carbocycles. The van der Waals surface area contributed by atoms with Crippen LogP contribution in [0.4, 0.5) is 0 Å². The fourth-order valence-electron chi connectivity index (χ4n) is 7.74. The van der Waals surface area contributed by atoms with E-state index in [-0.39, 0.29) is 0 Å². The highest BCUT2D eigenvalue weighted by molar-refractivity contribution is 6.09. The van der Waals surface area contributed by atoms with Crippen molar-refractivity contribution in [3.05, 3.63) is 187 Å². The van der Waals surface area contributed by atoms with E-state index in [9.17, 15) is 0 Å². The fraction of sp³-hybridized carbons (Fsp3) is 0.0213. The van der Waals surface area contributed by atoms with Crippen molar-refractivity contribution < 1.29 is 0 Å². The van der Waals surface area contributed by atoms with Gasteiger partial charge in [0.1, 0.15) is 0 Å². The van der Waals surface area contributed by atoms with E-state index in [1.807, 2.05) is 6.07 Å². The lowest BCUT2D eigenvalue weighted by molar-refractivity contribution is 1.13. The van der Waals surface area contributed by atoms with E-state index in [4.69, 9.17) is 9.97 Å². The molecule has 2 aromatic heterocycles. The molecule has 0 N–H and O–H groups in total. The van der Waals surface area contributed by atoms with E-state index in [0.29, 0.717) is 0 Å². The molecule has 0 bridgehead atoms. The van der Waals surface area contributed by atoms with Crippen LogP contribution in [-0.2, 0) is 6.42 Å². The summed E-state index contributed by atoms with van der Waals surface area (Å²) < 4.78 is 2.37. The fourth-order valence-corrected chi connectivity index (χ4v) is 7.74. The van der Waals surface area contributed by atoms with Gasteiger partial charge in [0, 0.05) is 45.1 Å². The molecule has 1 aliphatic rings. The second-order valence-electron chi connectivity index (χ2n) is 13.0. The van der Waals surface area contributed by atoms with Crippen LogP contribution in [0.2, 0.25) is 0 Å². The summed E-state index contributed by atoms with van der Waals surface area (Å²) in [6.45, 7) is 0. The number of rotatable bonds is 5. The van der Waals surface area contributed by atoms with Gasteiger partial charge in [-0.15, -0.1) is 0 Å². The summed E-state index contributed by atoms with van der Waals surface area (Å²) in [5.74, 6) is 0.744. The van der Waals surface area contributed by atoms with Gasteiger partial charge in [-0.05, 0) is 58.1 Å². The van der Waals surface area contributed by atoms with E-state index < -0.39 is 0 Å². The molecule has 234 valence electrons. The van der Waals surface area contributed by atoms with Gasteiger partial charge in [-0.2, -0.15) is 0 Å². The van der Waals surface area contributed by atoms with Crippen LogP contribution in [0.3, 0.4) is 0 Å². The van der Waals surface area contributed by atoms with Crippen molar-refractivity contribution >= 4 is 21.8 Å². The molecular weight excluding hydrogens is 607 g/mol. The maximum absolute atomic E-state index is 5.33. The molecule has 0 aliphatic heterocycles. The smallest absolute Gasteiger partial charge is 0.160 e. The Hall–Kier alpha value is -6.58. The average molecular weight is 638 g/mol. The molecule has 0 atom stereocenters. The Labute approximate surface area is 290 Å². The van der Waals surface area contributed by atoms with Gasteiger partial charge in [0.2, 0.25) is 0 Å². The molecule has 1 aliphatic carbocycles. The first-order chi connectivity index (χ1) is 24.8. The minimum absolute atomic E-state index is 0.744. The highest BCUT2D eigenvalue weighted by atomic mass is 15.0. The maximum Gasteiger partial charge on any atom is 0.160 e. The zero-order valence-corrected chi connectivity index (χ0v) is 27.3. The van der Waals surface area contributed by atoms with Gasteiger partial charge < -0.3 is 4.57 Å². The van der Waals surface area contributed by atoms with Crippen molar-refractivity contribution in [2.45, 2.75) is 6.42 Å². The van der Waals surface area contributed by atoms with Gasteiger partial charge >= 0.3 is 0 Å². The minimum Gasteiger partial charge on any atom is -0.309 e. The van der Waals surface area contributed by atoms with Gasteiger partial charge in [0.15, 0.2) is 5.82 Å². The van der Waals surface area contributed by atoms with Crippen molar-refractivity contribution in [1.29, 1.82) is 0 Å². The molecule has 3 nitrogen and oxygen atoms in total. The molecule has 2 heterocycles. The molecule has 50 heavy (non-hydrogen) atoms. The number of fused-ring (bicyclic) bond motifs is 6. The number of nitrogens with zero attached hydrogens (tertiary/aromatic N) is 3. The van der Waals surface area contributed by atoms with Gasteiger partial charge in [-0.1, -0.05) is 146 Å². The van der Waals surface area contributed by atoms with Crippen LogP contribution in [0, 0.1) is 0 Å². The molecule has 10 rings (SSSR count). The van der Waals surface area contributed by atoms with E-state index in [1.54, 1.807) is 0 Å². The summed E-state index contributed by atoms with van der Waals surface area (Å²) in [5, 5.41) is 2.53. The van der Waals surface area contributed by atoms with E-state index in [2.05, 4.69) is 174 Å². The summed E-state index contributed by atoms with van der Waals surface area (Å²) in [7, 11) is 0. The highest BCUT2D eigenvalue weighted by Gasteiger charge is 2.28. The summed E-state index contributed by atoms with van der Waals surface area (Å²) in [5.41, 5.74) is 16.1. The van der Waals surface area contributed by atoms with E-state index in [1.165, 1.54) is 60.8 Å². The van der Waals surface area contributed by atoms with Crippen LogP contribution in [0.15, 0.2) is 176 Å². The van der Waals surface area contributed by atoms with Gasteiger partial charge in [-0.3, -0.25) is 0 Å². The van der Waals surface area contributed by atoms with Crippen LogP contribution in [0.5, 0.6) is 0 Å². The summed E-state index contributed by atoms with van der Waals surface area (Å²) in [6, 6.07) is 62.7. The lowest BCUT2D eigenvalue weighted by Crippen LogP contribution is -1.99. The van der Waals surface area contributed by atoms with Crippen molar-refractivity contribution in [2.75, 3.05) is 0 Å². The number of para-hydroxylation sites is 2. The summed E-state index contributed by atoms with van der Waals surface area (Å²) in [4.78, 5) is 10.6. The summed E-state index contributed by atoms with van der Waals surface area (Å²) >= 11 is 0. The first-order valence-corrected chi connectivity index (χ1v) is 17.1. The first-order valence-electron chi connectivity index (χ1n) is 17.1. The Bertz CT molecular complexity index is 2650. The molecular formula is C47H31N3. The second-order valence-corrected chi connectivity index (χ2v) is 13.0. The lowest BCUT2D eigenvalue weighted by Gasteiger charge is -2.14. The Balaban J connectivity index is 1.13. The Morgan fingerprint density at radius 2 is 1.00 bits per heavy atom. The Kier molecular flexibility index (Phi) is 6.56. The zero-order valence-electron chi connectivity index (χ0n) is 27.3. The molecule has 0 spiro atoms. The van der Waals surface area contributed by atoms with Crippen molar-refractivity contribution in [3.63, 3.8) is 0 Å². The van der Waals surface area contributed by atoms with Crippen LogP contribution in [0.25, 0.3) is 83.6 Å². The van der Waals surface area contributed by atoms with E-state index in [0.717, 1.165) is 40.4 Å². The van der Waals surface area contributed by atoms with Crippen molar-refractivity contribution in [3.8, 4) is 61.8 Å². The Morgan fingerprint density at radius 3 is 1.72 bits per heavy atom. The molecule has 0 fully saturated rings. The SMILES string of the molecule is c1ccc(-c2cccc(-c3nc(-c4ccccc4)nc4c3Cc3cccc(-c5ccc(-n6c7ccccc7c7ccccc76)cc5)c3-4)c2)cc1. The third-order valence-corrected chi connectivity index (χ3v) is 10.1. The monoisotopic (exact) mass is 637 g/mol. The number of aromatic nitrogens is 3. The van der Waals surface area contributed by atoms with Gasteiger partial charge in [0.25, 0.3) is 0 Å². The predicted molar refractivity (Wildman–Crippen MR) is 206 cm³/mol. The first kappa shape index (κ1) is 28.4. The molecule has 0 unspecified atom stereocenters. The minimum atomic E-state index is 0.744. The normalized spacial score (nSPS) is 11.9. The van der Waals surface area contributed by atoms with Crippen LogP contribution in [0.1, 0.15) is 11.1 Å². The number of benzene rings is 7.